The molecule has 0 aliphatic rings. The van der Waals surface area contributed by atoms with Crippen LogP contribution in [0.4, 0.5) is 0 Å². The molecule has 1 aromatic carbocycles. The monoisotopic (exact) mass is 312 g/mol. The molecule has 0 fully saturated rings. The molecule has 100 valence electrons. The van der Waals surface area contributed by atoms with Crippen LogP contribution in [0.3, 0.4) is 0 Å². The number of rotatable bonds is 4. The van der Waals surface area contributed by atoms with Crippen LogP contribution in [-0.4, -0.2) is 10.8 Å². The van der Waals surface area contributed by atoms with Crippen LogP contribution in [0.2, 0.25) is 0 Å². The van der Waals surface area contributed by atoms with E-state index in [4.69, 9.17) is 4.74 Å². The second-order valence-corrected chi connectivity index (χ2v) is 6.60. The van der Waals surface area contributed by atoms with E-state index in [-0.39, 0.29) is 5.78 Å². The fourth-order valence-electron chi connectivity index (χ4n) is 1.44. The Morgan fingerprint density at radius 3 is 2.06 bits per heavy atom. The number of ketones is 1. The minimum absolute atomic E-state index is 0.0374. The first-order valence-corrected chi connectivity index (χ1v) is 7.08. The van der Waals surface area contributed by atoms with E-state index in [0.29, 0.717) is 11.7 Å². The van der Waals surface area contributed by atoms with Crippen LogP contribution in [0, 0.1) is 5.41 Å². The molecule has 1 aromatic rings. The summed E-state index contributed by atoms with van der Waals surface area (Å²) in [6.45, 7) is 9.94. The normalized spacial score (nSPS) is 13.5. The van der Waals surface area contributed by atoms with Crippen molar-refractivity contribution < 1.29 is 9.53 Å². The number of hydrogen-bond donors (Lipinski definition) is 0. The molecule has 18 heavy (non-hydrogen) atoms. The standard InChI is InChI=1S/C15H21BrO2/c1-10(2)11-6-8-12(9-7-11)18-14(16)13(17)15(3,4)5/h6-10,14H,1-5H3. The highest BCUT2D eigenvalue weighted by Crippen LogP contribution is 2.25. The first kappa shape index (κ1) is 15.2. The Labute approximate surface area is 118 Å². The fourth-order valence-corrected chi connectivity index (χ4v) is 2.35. The summed E-state index contributed by atoms with van der Waals surface area (Å²) >= 11 is 3.29. The molecule has 0 spiro atoms. The second-order valence-electron chi connectivity index (χ2n) is 5.77. The highest BCUT2D eigenvalue weighted by Gasteiger charge is 2.29. The molecule has 3 heteroatoms. The summed E-state index contributed by atoms with van der Waals surface area (Å²) < 4.78 is 5.60. The van der Waals surface area contributed by atoms with E-state index in [0.717, 1.165) is 0 Å². The molecule has 0 bridgehead atoms. The predicted molar refractivity (Wildman–Crippen MR) is 78.3 cm³/mol. The van der Waals surface area contributed by atoms with Crippen molar-refractivity contribution in [1.29, 1.82) is 0 Å². The average Bonchev–Trinajstić information content (AvgIpc) is 2.27. The molecule has 2 nitrogen and oxygen atoms in total. The summed E-state index contributed by atoms with van der Waals surface area (Å²) in [6, 6.07) is 7.86. The van der Waals surface area contributed by atoms with Crippen LogP contribution in [0.25, 0.3) is 0 Å². The second kappa shape index (κ2) is 5.87. The molecule has 1 rings (SSSR count). The maximum absolute atomic E-state index is 12.0. The van der Waals surface area contributed by atoms with E-state index in [2.05, 4.69) is 29.8 Å². The van der Waals surface area contributed by atoms with Gasteiger partial charge in [0.2, 0.25) is 5.01 Å². The minimum Gasteiger partial charge on any atom is -0.471 e. The topological polar surface area (TPSA) is 26.3 Å². The summed E-state index contributed by atoms with van der Waals surface area (Å²) in [4.78, 5) is 12.0. The third kappa shape index (κ3) is 4.13. The summed E-state index contributed by atoms with van der Waals surface area (Å²) in [5.41, 5.74) is 0.849. The van der Waals surface area contributed by atoms with Gasteiger partial charge in [0.05, 0.1) is 0 Å². The summed E-state index contributed by atoms with van der Waals surface area (Å²) in [7, 11) is 0. The van der Waals surface area contributed by atoms with E-state index in [9.17, 15) is 4.79 Å². The number of alkyl halides is 1. The maximum atomic E-state index is 12.0. The van der Waals surface area contributed by atoms with Gasteiger partial charge in [0, 0.05) is 5.41 Å². The molecule has 0 aliphatic heterocycles. The van der Waals surface area contributed by atoms with Gasteiger partial charge in [-0.2, -0.15) is 0 Å². The number of hydrogen-bond acceptors (Lipinski definition) is 2. The number of carbonyl (C=O) groups is 1. The lowest BCUT2D eigenvalue weighted by molar-refractivity contribution is -0.129. The number of benzene rings is 1. The van der Waals surface area contributed by atoms with Crippen molar-refractivity contribution in [2.75, 3.05) is 0 Å². The molecular weight excluding hydrogens is 292 g/mol. The molecule has 0 heterocycles. The molecule has 0 aromatic heterocycles. The van der Waals surface area contributed by atoms with Crippen LogP contribution < -0.4 is 4.74 Å². The zero-order chi connectivity index (χ0) is 13.9. The molecule has 0 N–H and O–H groups in total. The lowest BCUT2D eigenvalue weighted by atomic mass is 9.91. The van der Waals surface area contributed by atoms with Gasteiger partial charge in [-0.3, -0.25) is 4.79 Å². The Balaban J connectivity index is 2.71. The van der Waals surface area contributed by atoms with Crippen molar-refractivity contribution >= 4 is 21.7 Å². The smallest absolute Gasteiger partial charge is 0.211 e. The summed E-state index contributed by atoms with van der Waals surface area (Å²) in [5.74, 6) is 1.24. The SMILES string of the molecule is CC(C)c1ccc(OC(Br)C(=O)C(C)(C)C)cc1. The van der Waals surface area contributed by atoms with Gasteiger partial charge in [0.1, 0.15) is 5.75 Å². The van der Waals surface area contributed by atoms with Gasteiger partial charge >= 0.3 is 0 Å². The van der Waals surface area contributed by atoms with E-state index in [1.54, 1.807) is 0 Å². The van der Waals surface area contributed by atoms with E-state index in [1.165, 1.54) is 5.56 Å². The Morgan fingerprint density at radius 2 is 1.67 bits per heavy atom. The maximum Gasteiger partial charge on any atom is 0.211 e. The molecule has 0 saturated carbocycles. The number of halogens is 1. The molecule has 0 radical (unpaired) electrons. The highest BCUT2D eigenvalue weighted by atomic mass is 79.9. The Kier molecular flexibility index (Phi) is 4.97. The summed E-state index contributed by atoms with van der Waals surface area (Å²) in [5, 5.41) is -0.595. The third-order valence-corrected chi connectivity index (χ3v) is 3.33. The quantitative estimate of drug-likeness (QED) is 0.764. The van der Waals surface area contributed by atoms with Gasteiger partial charge < -0.3 is 4.74 Å². The molecular formula is C15H21BrO2. The van der Waals surface area contributed by atoms with Crippen molar-refractivity contribution in [2.24, 2.45) is 5.41 Å². The molecule has 0 saturated heterocycles. The largest absolute Gasteiger partial charge is 0.471 e. The number of carbonyl (C=O) groups excluding carboxylic acids is 1. The van der Waals surface area contributed by atoms with Crippen molar-refractivity contribution in [3.05, 3.63) is 29.8 Å². The van der Waals surface area contributed by atoms with Gasteiger partial charge in [-0.05, 0) is 39.5 Å². The summed E-state index contributed by atoms with van der Waals surface area (Å²) in [6.07, 6.45) is 0. The van der Waals surface area contributed by atoms with Gasteiger partial charge in [-0.1, -0.05) is 46.8 Å². The Bertz CT molecular complexity index is 401. The third-order valence-electron chi connectivity index (χ3n) is 2.73. The van der Waals surface area contributed by atoms with Gasteiger partial charge in [-0.15, -0.1) is 0 Å². The van der Waals surface area contributed by atoms with E-state index >= 15 is 0 Å². The highest BCUT2D eigenvalue weighted by molar-refractivity contribution is 9.09. The molecule has 1 atom stereocenters. The van der Waals surface area contributed by atoms with Crippen LogP contribution in [-0.2, 0) is 4.79 Å². The van der Waals surface area contributed by atoms with Crippen molar-refractivity contribution in [1.82, 2.24) is 0 Å². The van der Waals surface area contributed by atoms with Gasteiger partial charge in [-0.25, -0.2) is 0 Å². The van der Waals surface area contributed by atoms with Crippen LogP contribution in [0.15, 0.2) is 24.3 Å². The first-order chi connectivity index (χ1) is 8.21. The molecule has 1 unspecified atom stereocenters. The number of ether oxygens (including phenoxy) is 1. The van der Waals surface area contributed by atoms with Crippen LogP contribution in [0.1, 0.15) is 46.1 Å². The zero-order valence-electron chi connectivity index (χ0n) is 11.7. The van der Waals surface area contributed by atoms with Crippen molar-refractivity contribution in [2.45, 2.75) is 45.5 Å². The predicted octanol–water partition coefficient (Wildman–Crippen LogP) is 4.53. The Hall–Kier alpha value is -0.830. The van der Waals surface area contributed by atoms with Crippen molar-refractivity contribution in [3.8, 4) is 5.75 Å². The Morgan fingerprint density at radius 1 is 1.17 bits per heavy atom. The average molecular weight is 313 g/mol. The molecule has 0 amide bonds. The van der Waals surface area contributed by atoms with Crippen LogP contribution >= 0.6 is 15.9 Å². The van der Waals surface area contributed by atoms with E-state index in [1.807, 2.05) is 45.0 Å². The molecule has 0 aliphatic carbocycles. The fraction of sp³-hybridized carbons (Fsp3) is 0.533. The first-order valence-electron chi connectivity index (χ1n) is 6.17. The lowest BCUT2D eigenvalue weighted by Crippen LogP contribution is -2.32. The van der Waals surface area contributed by atoms with E-state index < -0.39 is 10.4 Å². The van der Waals surface area contributed by atoms with Gasteiger partial charge in [0.15, 0.2) is 5.78 Å². The van der Waals surface area contributed by atoms with Gasteiger partial charge in [0.25, 0.3) is 0 Å². The zero-order valence-corrected chi connectivity index (χ0v) is 13.2. The lowest BCUT2D eigenvalue weighted by Gasteiger charge is -2.21. The number of Topliss-reactive ketones (excluding diaryl/α,β-unsaturated/α-hetero) is 1. The van der Waals surface area contributed by atoms with Crippen LogP contribution in [0.5, 0.6) is 5.75 Å². The van der Waals surface area contributed by atoms with Crippen molar-refractivity contribution in [3.63, 3.8) is 0 Å². The minimum atomic E-state index is -0.595.